The molecule has 1 aliphatic rings. The first-order valence-corrected chi connectivity index (χ1v) is 11.7. The van der Waals surface area contributed by atoms with Gasteiger partial charge in [0.1, 0.15) is 6.54 Å². The Balaban J connectivity index is 1.62. The number of carbonyl (C=O) groups is 1. The van der Waals surface area contributed by atoms with Gasteiger partial charge in [0.2, 0.25) is 5.91 Å². The van der Waals surface area contributed by atoms with E-state index < -0.39 is 10.2 Å². The van der Waals surface area contributed by atoms with Crippen molar-refractivity contribution in [3.05, 3.63) is 65.7 Å². The Labute approximate surface area is 184 Å². The minimum absolute atomic E-state index is 0.294. The molecule has 2 aromatic carbocycles. The van der Waals surface area contributed by atoms with Crippen molar-refractivity contribution in [2.75, 3.05) is 51.2 Å². The summed E-state index contributed by atoms with van der Waals surface area (Å²) in [6.07, 6.45) is 0. The minimum atomic E-state index is -3.80. The third-order valence-corrected chi connectivity index (χ3v) is 6.88. The van der Waals surface area contributed by atoms with E-state index in [4.69, 9.17) is 4.74 Å². The molecule has 0 unspecified atom stereocenters. The average molecular weight is 447 g/mol. The second-order valence-electron chi connectivity index (χ2n) is 7.62. The maximum absolute atomic E-state index is 12.7. The van der Waals surface area contributed by atoms with E-state index in [9.17, 15) is 13.2 Å². The zero-order valence-electron chi connectivity index (χ0n) is 18.0. The van der Waals surface area contributed by atoms with Crippen LogP contribution in [0.4, 0.5) is 5.69 Å². The zero-order chi connectivity index (χ0) is 22.3. The van der Waals surface area contributed by atoms with Crippen molar-refractivity contribution in [1.82, 2.24) is 14.5 Å². The number of hydrogen-bond donors (Lipinski definition) is 1. The van der Waals surface area contributed by atoms with Crippen LogP contribution in [0.2, 0.25) is 0 Å². The molecule has 0 spiro atoms. The fourth-order valence-corrected chi connectivity index (χ4v) is 4.40. The second-order valence-corrected chi connectivity index (χ2v) is 9.68. The van der Waals surface area contributed by atoms with Gasteiger partial charge in [0.05, 0.1) is 18.9 Å². The van der Waals surface area contributed by atoms with Gasteiger partial charge >= 0.3 is 10.2 Å². The number of ether oxygens (including phenoxy) is 1. The number of nitrogens with zero attached hydrogens (tertiary/aromatic N) is 3. The zero-order valence-corrected chi connectivity index (χ0v) is 18.8. The van der Waals surface area contributed by atoms with Crippen LogP contribution in [-0.2, 0) is 32.8 Å². The number of hydrogen-bond acceptors (Lipinski definition) is 5. The van der Waals surface area contributed by atoms with Crippen LogP contribution in [0.25, 0.3) is 0 Å². The summed E-state index contributed by atoms with van der Waals surface area (Å²) in [7, 11) is -0.908. The summed E-state index contributed by atoms with van der Waals surface area (Å²) < 4.78 is 33.1. The predicted molar refractivity (Wildman–Crippen MR) is 121 cm³/mol. The Kier molecular flexibility index (Phi) is 8.03. The van der Waals surface area contributed by atoms with E-state index in [1.54, 1.807) is 30.3 Å². The standard InChI is InChI=1S/C22H30N4O4S/c1-24(2)31(28,29)26(21-9-4-3-5-10-21)18-22(27)23-16-19-7-6-8-20(15-19)17-25-11-13-30-14-12-25/h3-10,15H,11-14,16-18H2,1-2H3,(H,23,27). The van der Waals surface area contributed by atoms with Gasteiger partial charge < -0.3 is 10.1 Å². The number of carbonyl (C=O) groups excluding carboxylic acids is 1. The first-order chi connectivity index (χ1) is 14.9. The maximum atomic E-state index is 12.7. The van der Waals surface area contributed by atoms with E-state index >= 15 is 0 Å². The molecule has 0 bridgehead atoms. The highest BCUT2D eigenvalue weighted by atomic mass is 32.2. The number of para-hydroxylation sites is 1. The highest BCUT2D eigenvalue weighted by Gasteiger charge is 2.27. The fraction of sp³-hybridized carbons (Fsp3) is 0.409. The molecular weight excluding hydrogens is 416 g/mol. The highest BCUT2D eigenvalue weighted by Crippen LogP contribution is 2.18. The van der Waals surface area contributed by atoms with Crippen molar-refractivity contribution in [2.24, 2.45) is 0 Å². The predicted octanol–water partition coefficient (Wildman–Crippen LogP) is 1.45. The van der Waals surface area contributed by atoms with Crippen molar-refractivity contribution in [3.63, 3.8) is 0 Å². The Hall–Kier alpha value is -2.46. The largest absolute Gasteiger partial charge is 0.379 e. The van der Waals surface area contributed by atoms with Gasteiger partial charge in [-0.2, -0.15) is 12.7 Å². The Morgan fingerprint density at radius 2 is 1.71 bits per heavy atom. The molecule has 1 fully saturated rings. The summed E-state index contributed by atoms with van der Waals surface area (Å²) in [5, 5.41) is 2.84. The van der Waals surface area contributed by atoms with E-state index in [0.29, 0.717) is 12.2 Å². The van der Waals surface area contributed by atoms with Gasteiger partial charge in [-0.05, 0) is 23.3 Å². The summed E-state index contributed by atoms with van der Waals surface area (Å²) in [6, 6.07) is 16.7. The Bertz CT molecular complexity index is 960. The number of nitrogens with one attached hydrogen (secondary N) is 1. The number of morpholine rings is 1. The van der Waals surface area contributed by atoms with E-state index in [1.807, 2.05) is 12.1 Å². The summed E-state index contributed by atoms with van der Waals surface area (Å²) in [5.41, 5.74) is 2.59. The van der Waals surface area contributed by atoms with Crippen LogP contribution >= 0.6 is 0 Å². The van der Waals surface area contributed by atoms with Gasteiger partial charge in [-0.25, -0.2) is 4.31 Å². The summed E-state index contributed by atoms with van der Waals surface area (Å²) in [6.45, 7) is 4.22. The molecule has 1 N–H and O–H groups in total. The lowest BCUT2D eigenvalue weighted by Gasteiger charge is -2.27. The molecule has 1 aliphatic heterocycles. The molecule has 0 aromatic heterocycles. The van der Waals surface area contributed by atoms with Crippen molar-refractivity contribution in [1.29, 1.82) is 0 Å². The molecule has 1 saturated heterocycles. The summed E-state index contributed by atoms with van der Waals surface area (Å²) in [5.74, 6) is -0.368. The topological polar surface area (TPSA) is 82.2 Å². The van der Waals surface area contributed by atoms with Gasteiger partial charge in [0, 0.05) is 40.3 Å². The van der Waals surface area contributed by atoms with Gasteiger partial charge in [0.15, 0.2) is 0 Å². The molecule has 0 radical (unpaired) electrons. The van der Waals surface area contributed by atoms with E-state index in [2.05, 4.69) is 22.3 Å². The third-order valence-electron chi connectivity index (χ3n) is 5.06. The van der Waals surface area contributed by atoms with Crippen LogP contribution in [0.15, 0.2) is 54.6 Å². The molecule has 0 atom stereocenters. The monoisotopic (exact) mass is 446 g/mol. The first-order valence-electron chi connectivity index (χ1n) is 10.3. The Morgan fingerprint density at radius 3 is 2.39 bits per heavy atom. The molecule has 1 heterocycles. The molecule has 3 rings (SSSR count). The van der Waals surface area contributed by atoms with E-state index in [-0.39, 0.29) is 12.5 Å². The van der Waals surface area contributed by atoms with Crippen molar-refractivity contribution in [2.45, 2.75) is 13.1 Å². The third kappa shape index (κ3) is 6.51. The molecule has 2 aromatic rings. The van der Waals surface area contributed by atoms with Crippen LogP contribution in [0.1, 0.15) is 11.1 Å². The second kappa shape index (κ2) is 10.7. The lowest BCUT2D eigenvalue weighted by molar-refractivity contribution is -0.119. The fourth-order valence-electron chi connectivity index (χ4n) is 3.34. The van der Waals surface area contributed by atoms with Crippen LogP contribution in [-0.4, -0.2) is 70.5 Å². The molecule has 8 nitrogen and oxygen atoms in total. The number of amides is 1. The minimum Gasteiger partial charge on any atom is -0.379 e. The van der Waals surface area contributed by atoms with E-state index in [1.165, 1.54) is 19.7 Å². The number of benzene rings is 2. The SMILES string of the molecule is CN(C)S(=O)(=O)N(CC(=O)NCc1cccc(CN2CCOCC2)c1)c1ccccc1. The van der Waals surface area contributed by atoms with Crippen LogP contribution < -0.4 is 9.62 Å². The molecule has 31 heavy (non-hydrogen) atoms. The smallest absolute Gasteiger partial charge is 0.304 e. The average Bonchev–Trinajstić information content (AvgIpc) is 2.77. The molecule has 168 valence electrons. The van der Waals surface area contributed by atoms with Gasteiger partial charge in [0.25, 0.3) is 0 Å². The summed E-state index contributed by atoms with van der Waals surface area (Å²) in [4.78, 5) is 15.0. The molecule has 0 saturated carbocycles. The lowest BCUT2D eigenvalue weighted by Crippen LogP contribution is -2.45. The normalized spacial score (nSPS) is 15.1. The molecule has 9 heteroatoms. The van der Waals surface area contributed by atoms with Crippen LogP contribution in [0.3, 0.4) is 0 Å². The van der Waals surface area contributed by atoms with Crippen molar-refractivity contribution < 1.29 is 17.9 Å². The quantitative estimate of drug-likeness (QED) is 0.631. The lowest BCUT2D eigenvalue weighted by atomic mass is 10.1. The Morgan fingerprint density at radius 1 is 1.03 bits per heavy atom. The maximum Gasteiger partial charge on any atom is 0.304 e. The van der Waals surface area contributed by atoms with Gasteiger partial charge in [-0.3, -0.25) is 9.69 Å². The van der Waals surface area contributed by atoms with Crippen molar-refractivity contribution in [3.8, 4) is 0 Å². The first kappa shape index (κ1) is 23.2. The number of rotatable bonds is 9. The summed E-state index contributed by atoms with van der Waals surface area (Å²) >= 11 is 0. The molecule has 1 amide bonds. The van der Waals surface area contributed by atoms with Crippen molar-refractivity contribution >= 4 is 21.8 Å². The van der Waals surface area contributed by atoms with Crippen LogP contribution in [0, 0.1) is 0 Å². The number of anilines is 1. The van der Waals surface area contributed by atoms with Crippen LogP contribution in [0.5, 0.6) is 0 Å². The van der Waals surface area contributed by atoms with E-state index in [0.717, 1.165) is 47.0 Å². The molecule has 0 aliphatic carbocycles. The molecular formula is C22H30N4O4S. The highest BCUT2D eigenvalue weighted by molar-refractivity contribution is 7.90. The van der Waals surface area contributed by atoms with Gasteiger partial charge in [-0.1, -0.05) is 42.5 Å². The van der Waals surface area contributed by atoms with Gasteiger partial charge in [-0.15, -0.1) is 0 Å².